The SMILES string of the molecule is Cc1nc(Cn2c(C)ccc(C#N)c2=O)no1. The molecule has 86 valence electrons. The highest BCUT2D eigenvalue weighted by molar-refractivity contribution is 5.27. The number of rotatable bonds is 2. The third-order valence-corrected chi connectivity index (χ3v) is 2.38. The number of pyridine rings is 1. The summed E-state index contributed by atoms with van der Waals surface area (Å²) in [6, 6.07) is 5.08. The van der Waals surface area contributed by atoms with Crippen LogP contribution in [0.2, 0.25) is 0 Å². The number of aromatic nitrogens is 3. The predicted octanol–water partition coefficient (Wildman–Crippen LogP) is 0.768. The van der Waals surface area contributed by atoms with Crippen molar-refractivity contribution >= 4 is 0 Å². The Morgan fingerprint density at radius 3 is 2.82 bits per heavy atom. The lowest BCUT2D eigenvalue weighted by atomic mass is 10.2. The average molecular weight is 230 g/mol. The first-order chi connectivity index (χ1) is 8.11. The van der Waals surface area contributed by atoms with Gasteiger partial charge in [-0.1, -0.05) is 5.16 Å². The summed E-state index contributed by atoms with van der Waals surface area (Å²) >= 11 is 0. The van der Waals surface area contributed by atoms with Gasteiger partial charge in [-0.2, -0.15) is 10.2 Å². The summed E-state index contributed by atoms with van der Waals surface area (Å²) in [6.07, 6.45) is 0. The molecule has 0 saturated heterocycles. The first kappa shape index (κ1) is 11.1. The first-order valence-corrected chi connectivity index (χ1v) is 5.01. The van der Waals surface area contributed by atoms with Crippen molar-refractivity contribution in [3.05, 3.63) is 45.5 Å². The fraction of sp³-hybridized carbons (Fsp3) is 0.273. The van der Waals surface area contributed by atoms with E-state index >= 15 is 0 Å². The number of hydrogen-bond donors (Lipinski definition) is 0. The van der Waals surface area contributed by atoms with Crippen LogP contribution in [0, 0.1) is 25.2 Å². The van der Waals surface area contributed by atoms with Gasteiger partial charge in [0.05, 0.1) is 6.54 Å². The molecule has 0 saturated carbocycles. The second-order valence-electron chi connectivity index (χ2n) is 3.62. The van der Waals surface area contributed by atoms with Gasteiger partial charge >= 0.3 is 0 Å². The summed E-state index contributed by atoms with van der Waals surface area (Å²) in [5.41, 5.74) is 0.516. The molecule has 0 unspecified atom stereocenters. The van der Waals surface area contributed by atoms with Gasteiger partial charge < -0.3 is 9.09 Å². The molecule has 2 aromatic rings. The Bertz CT molecular complexity index is 648. The number of aryl methyl sites for hydroxylation is 2. The van der Waals surface area contributed by atoms with Gasteiger partial charge in [0.15, 0.2) is 5.82 Å². The molecule has 0 amide bonds. The van der Waals surface area contributed by atoms with Crippen molar-refractivity contribution in [1.82, 2.24) is 14.7 Å². The Balaban J connectivity index is 2.46. The number of nitrogens with zero attached hydrogens (tertiary/aromatic N) is 4. The molecule has 0 atom stereocenters. The van der Waals surface area contributed by atoms with Crippen LogP contribution in [-0.2, 0) is 6.54 Å². The summed E-state index contributed by atoms with van der Waals surface area (Å²) in [6.45, 7) is 3.67. The van der Waals surface area contributed by atoms with Gasteiger partial charge in [0, 0.05) is 12.6 Å². The Labute approximate surface area is 97.1 Å². The molecule has 0 bridgehead atoms. The monoisotopic (exact) mass is 230 g/mol. The zero-order chi connectivity index (χ0) is 12.4. The van der Waals surface area contributed by atoms with Crippen LogP contribution >= 0.6 is 0 Å². The van der Waals surface area contributed by atoms with E-state index in [4.69, 9.17) is 9.78 Å². The molecule has 0 spiro atoms. The second-order valence-corrected chi connectivity index (χ2v) is 3.62. The molecule has 6 nitrogen and oxygen atoms in total. The van der Waals surface area contributed by atoms with E-state index in [1.54, 1.807) is 19.9 Å². The zero-order valence-corrected chi connectivity index (χ0v) is 9.47. The van der Waals surface area contributed by atoms with Crippen molar-refractivity contribution in [2.45, 2.75) is 20.4 Å². The molecule has 0 aliphatic heterocycles. The van der Waals surface area contributed by atoms with Gasteiger partial charge in [0.1, 0.15) is 11.6 Å². The van der Waals surface area contributed by atoms with Crippen molar-refractivity contribution < 1.29 is 4.52 Å². The maximum atomic E-state index is 11.9. The van der Waals surface area contributed by atoms with Gasteiger partial charge in [0.2, 0.25) is 5.89 Å². The normalized spacial score (nSPS) is 10.2. The number of hydrogen-bond acceptors (Lipinski definition) is 5. The highest BCUT2D eigenvalue weighted by atomic mass is 16.5. The standard InChI is InChI=1S/C11H10N4O2/c1-7-3-4-9(5-12)11(16)15(7)6-10-13-8(2)17-14-10/h3-4H,6H2,1-2H3. The quantitative estimate of drug-likeness (QED) is 0.760. The van der Waals surface area contributed by atoms with E-state index in [0.717, 1.165) is 5.69 Å². The minimum atomic E-state index is -0.338. The van der Waals surface area contributed by atoms with Crippen LogP contribution in [-0.4, -0.2) is 14.7 Å². The lowest BCUT2D eigenvalue weighted by molar-refractivity contribution is 0.385. The van der Waals surface area contributed by atoms with E-state index in [9.17, 15) is 4.79 Å². The van der Waals surface area contributed by atoms with Crippen LogP contribution in [0.3, 0.4) is 0 Å². The maximum Gasteiger partial charge on any atom is 0.269 e. The summed E-state index contributed by atoms with van der Waals surface area (Å²) in [5.74, 6) is 0.866. The number of nitriles is 1. The van der Waals surface area contributed by atoms with Crippen molar-refractivity contribution in [2.75, 3.05) is 0 Å². The van der Waals surface area contributed by atoms with Crippen LogP contribution in [0.4, 0.5) is 0 Å². The Morgan fingerprint density at radius 2 is 2.24 bits per heavy atom. The van der Waals surface area contributed by atoms with E-state index in [2.05, 4.69) is 10.1 Å². The van der Waals surface area contributed by atoms with Crippen molar-refractivity contribution in [3.63, 3.8) is 0 Å². The van der Waals surface area contributed by atoms with Crippen LogP contribution in [0.25, 0.3) is 0 Å². The van der Waals surface area contributed by atoms with Gasteiger partial charge in [0.25, 0.3) is 5.56 Å². The third-order valence-electron chi connectivity index (χ3n) is 2.38. The highest BCUT2D eigenvalue weighted by Crippen LogP contribution is 2.02. The molecule has 0 fully saturated rings. The molecular formula is C11H10N4O2. The maximum absolute atomic E-state index is 11.9. The second kappa shape index (κ2) is 4.22. The van der Waals surface area contributed by atoms with Crippen molar-refractivity contribution in [2.24, 2.45) is 0 Å². The topological polar surface area (TPSA) is 84.7 Å². The van der Waals surface area contributed by atoms with E-state index in [0.29, 0.717) is 11.7 Å². The van der Waals surface area contributed by atoms with Gasteiger partial charge in [-0.15, -0.1) is 0 Å². The molecule has 17 heavy (non-hydrogen) atoms. The van der Waals surface area contributed by atoms with E-state index in [1.807, 2.05) is 6.07 Å². The van der Waals surface area contributed by atoms with Crippen molar-refractivity contribution in [3.8, 4) is 6.07 Å². The fourth-order valence-electron chi connectivity index (χ4n) is 1.50. The summed E-state index contributed by atoms with van der Waals surface area (Å²) in [7, 11) is 0. The minimum Gasteiger partial charge on any atom is -0.340 e. The zero-order valence-electron chi connectivity index (χ0n) is 9.47. The van der Waals surface area contributed by atoms with E-state index in [-0.39, 0.29) is 17.7 Å². The fourth-order valence-corrected chi connectivity index (χ4v) is 1.50. The van der Waals surface area contributed by atoms with Gasteiger partial charge in [-0.3, -0.25) is 4.79 Å². The predicted molar refractivity (Wildman–Crippen MR) is 58.3 cm³/mol. The van der Waals surface area contributed by atoms with Crippen LogP contribution in [0.5, 0.6) is 0 Å². The average Bonchev–Trinajstić information content (AvgIpc) is 2.70. The summed E-state index contributed by atoms with van der Waals surface area (Å²) < 4.78 is 6.28. The molecule has 2 heterocycles. The van der Waals surface area contributed by atoms with E-state index in [1.165, 1.54) is 10.6 Å². The third kappa shape index (κ3) is 2.08. The molecule has 2 rings (SSSR count). The van der Waals surface area contributed by atoms with Gasteiger partial charge in [-0.05, 0) is 19.1 Å². The molecule has 0 aliphatic carbocycles. The van der Waals surface area contributed by atoms with E-state index < -0.39 is 0 Å². The summed E-state index contributed by atoms with van der Waals surface area (Å²) in [5, 5.41) is 12.5. The smallest absolute Gasteiger partial charge is 0.269 e. The Kier molecular flexibility index (Phi) is 2.75. The summed E-state index contributed by atoms with van der Waals surface area (Å²) in [4.78, 5) is 15.9. The molecule has 2 aromatic heterocycles. The molecule has 0 aliphatic rings. The van der Waals surface area contributed by atoms with Crippen LogP contribution in [0.1, 0.15) is 23.0 Å². The first-order valence-electron chi connectivity index (χ1n) is 5.01. The van der Waals surface area contributed by atoms with Crippen LogP contribution in [0.15, 0.2) is 21.5 Å². The largest absolute Gasteiger partial charge is 0.340 e. The highest BCUT2D eigenvalue weighted by Gasteiger charge is 2.09. The van der Waals surface area contributed by atoms with Crippen molar-refractivity contribution in [1.29, 1.82) is 5.26 Å². The minimum absolute atomic E-state index is 0.107. The molecule has 0 radical (unpaired) electrons. The lowest BCUT2D eigenvalue weighted by Gasteiger charge is -2.06. The molecule has 0 aromatic carbocycles. The molecule has 0 N–H and O–H groups in total. The van der Waals surface area contributed by atoms with Gasteiger partial charge in [-0.25, -0.2) is 0 Å². The molecular weight excluding hydrogens is 220 g/mol. The van der Waals surface area contributed by atoms with Crippen LogP contribution < -0.4 is 5.56 Å². The Morgan fingerprint density at radius 1 is 1.47 bits per heavy atom. The Hall–Kier alpha value is -2.42. The molecule has 6 heteroatoms. The lowest BCUT2D eigenvalue weighted by Crippen LogP contribution is -2.25.